The van der Waals surface area contributed by atoms with Crippen LogP contribution >= 0.6 is 0 Å². The van der Waals surface area contributed by atoms with Gasteiger partial charge in [-0.25, -0.2) is 0 Å². The van der Waals surface area contributed by atoms with E-state index < -0.39 is 0 Å². The fraction of sp³-hybridized carbons (Fsp3) is 0.870. The minimum absolute atomic E-state index is 0.00243. The van der Waals surface area contributed by atoms with E-state index in [9.17, 15) is 0 Å². The summed E-state index contributed by atoms with van der Waals surface area (Å²) in [4.78, 5) is 4.88. The zero-order valence-corrected chi connectivity index (χ0v) is 18.2. The maximum absolute atomic E-state index is 4.88. The van der Waals surface area contributed by atoms with E-state index in [1.807, 2.05) is 0 Å². The molecule has 0 spiro atoms. The van der Waals surface area contributed by atoms with Crippen molar-refractivity contribution in [3.63, 3.8) is 0 Å². The molecule has 0 amide bonds. The van der Waals surface area contributed by atoms with Crippen LogP contribution in [0.2, 0.25) is 0 Å². The van der Waals surface area contributed by atoms with Crippen LogP contribution in [0.1, 0.15) is 106 Å². The van der Waals surface area contributed by atoms with E-state index in [-0.39, 0.29) is 16.4 Å². The van der Waals surface area contributed by atoms with Gasteiger partial charge in [0.15, 0.2) is 0 Å². The Labute approximate surface area is 158 Å². The zero-order valence-electron chi connectivity index (χ0n) is 18.2. The first kappa shape index (κ1) is 22.3. The second-order valence-corrected chi connectivity index (χ2v) is 10.0. The lowest BCUT2D eigenvalue weighted by atomic mass is 9.60. The van der Waals surface area contributed by atoms with Gasteiger partial charge >= 0.3 is 0 Å². The molecule has 1 heterocycles. The zero-order chi connectivity index (χ0) is 19.1. The van der Waals surface area contributed by atoms with Gasteiger partial charge < -0.3 is 5.32 Å². The van der Waals surface area contributed by atoms with Crippen molar-refractivity contribution in [3.05, 3.63) is 12.2 Å². The van der Waals surface area contributed by atoms with Gasteiger partial charge in [-0.15, -0.1) is 0 Å². The number of aliphatic imine (C=N–C) groups is 1. The maximum Gasteiger partial charge on any atom is 0.124 e. The van der Waals surface area contributed by atoms with Crippen molar-refractivity contribution in [1.82, 2.24) is 5.32 Å². The normalized spacial score (nSPS) is 17.3. The summed E-state index contributed by atoms with van der Waals surface area (Å²) in [5.41, 5.74) is 1.49. The van der Waals surface area contributed by atoms with Gasteiger partial charge in [0.25, 0.3) is 0 Å². The van der Waals surface area contributed by atoms with Crippen molar-refractivity contribution in [2.75, 3.05) is 6.54 Å². The molecule has 0 bridgehead atoms. The monoisotopic (exact) mass is 348 g/mol. The average Bonchev–Trinajstić information content (AvgIpc) is 2.96. The minimum atomic E-state index is -0.00243. The molecule has 0 fully saturated rings. The fourth-order valence-electron chi connectivity index (χ4n) is 4.24. The third kappa shape index (κ3) is 5.86. The van der Waals surface area contributed by atoms with Crippen LogP contribution in [0, 0.1) is 10.8 Å². The molecule has 0 aromatic heterocycles. The fourth-order valence-corrected chi connectivity index (χ4v) is 4.24. The Bertz CT molecular complexity index is 432. The number of nitrogens with zero attached hydrogens (tertiary/aromatic N) is 1. The molecule has 1 rings (SSSR count). The quantitative estimate of drug-likeness (QED) is 0.426. The van der Waals surface area contributed by atoms with Gasteiger partial charge in [-0.05, 0) is 29.2 Å². The molecular formula is C23H44N2. The SMILES string of the molecule is C=C(CCCCCCCCCC)C1=NCC(C(C)(C)C)(C(C)(C)C)N1. The van der Waals surface area contributed by atoms with E-state index in [1.165, 1.54) is 56.9 Å². The molecule has 0 atom stereocenters. The topological polar surface area (TPSA) is 24.4 Å². The number of hydrogen-bond donors (Lipinski definition) is 1. The lowest BCUT2D eigenvalue weighted by Crippen LogP contribution is -2.63. The molecule has 1 N–H and O–H groups in total. The number of rotatable bonds is 10. The van der Waals surface area contributed by atoms with Gasteiger partial charge in [0.2, 0.25) is 0 Å². The first-order chi connectivity index (χ1) is 11.5. The lowest BCUT2D eigenvalue weighted by Gasteiger charge is -2.51. The van der Waals surface area contributed by atoms with Crippen molar-refractivity contribution in [3.8, 4) is 0 Å². The van der Waals surface area contributed by atoms with Crippen LogP contribution < -0.4 is 5.32 Å². The molecular weight excluding hydrogens is 304 g/mol. The predicted molar refractivity (Wildman–Crippen MR) is 113 cm³/mol. The Hall–Kier alpha value is -0.790. The van der Waals surface area contributed by atoms with E-state index in [0.717, 1.165) is 18.8 Å². The van der Waals surface area contributed by atoms with E-state index in [4.69, 9.17) is 4.99 Å². The van der Waals surface area contributed by atoms with Crippen LogP contribution in [-0.2, 0) is 0 Å². The molecule has 0 saturated heterocycles. The molecule has 2 nitrogen and oxygen atoms in total. The van der Waals surface area contributed by atoms with Crippen LogP contribution in [0.4, 0.5) is 0 Å². The molecule has 0 saturated carbocycles. The summed E-state index contributed by atoms with van der Waals surface area (Å²) in [6.45, 7) is 21.4. The van der Waals surface area contributed by atoms with Crippen LogP contribution in [0.15, 0.2) is 17.1 Å². The molecule has 0 radical (unpaired) electrons. The number of hydrogen-bond acceptors (Lipinski definition) is 2. The van der Waals surface area contributed by atoms with Gasteiger partial charge in [-0.1, -0.05) is 100.0 Å². The highest BCUT2D eigenvalue weighted by atomic mass is 15.2. The largest absolute Gasteiger partial charge is 0.362 e. The third-order valence-electron chi connectivity index (χ3n) is 6.03. The minimum Gasteiger partial charge on any atom is -0.362 e. The van der Waals surface area contributed by atoms with Crippen LogP contribution in [0.3, 0.4) is 0 Å². The van der Waals surface area contributed by atoms with E-state index >= 15 is 0 Å². The second-order valence-electron chi connectivity index (χ2n) is 10.0. The third-order valence-corrected chi connectivity index (χ3v) is 6.03. The highest BCUT2D eigenvalue weighted by molar-refractivity contribution is 5.99. The summed E-state index contributed by atoms with van der Waals surface area (Å²) >= 11 is 0. The maximum atomic E-state index is 4.88. The molecule has 146 valence electrons. The van der Waals surface area contributed by atoms with Crippen LogP contribution in [-0.4, -0.2) is 17.9 Å². The van der Waals surface area contributed by atoms with Gasteiger partial charge in [0.05, 0.1) is 12.1 Å². The average molecular weight is 349 g/mol. The number of unbranched alkanes of at least 4 members (excludes halogenated alkanes) is 7. The van der Waals surface area contributed by atoms with Gasteiger partial charge in [-0.2, -0.15) is 0 Å². The summed E-state index contributed by atoms with van der Waals surface area (Å²) in [5, 5.41) is 3.81. The smallest absolute Gasteiger partial charge is 0.124 e. The molecule has 2 heteroatoms. The van der Waals surface area contributed by atoms with Crippen LogP contribution in [0.25, 0.3) is 0 Å². The lowest BCUT2D eigenvalue weighted by molar-refractivity contribution is 0.0564. The van der Waals surface area contributed by atoms with Crippen molar-refractivity contribution in [2.45, 2.75) is 112 Å². The highest BCUT2D eigenvalue weighted by Gasteiger charge is 2.53. The van der Waals surface area contributed by atoms with Crippen molar-refractivity contribution >= 4 is 5.84 Å². The summed E-state index contributed by atoms with van der Waals surface area (Å²) in [6.07, 6.45) is 11.9. The first-order valence-corrected chi connectivity index (χ1v) is 10.6. The van der Waals surface area contributed by atoms with Gasteiger partial charge in [0, 0.05) is 0 Å². The first-order valence-electron chi connectivity index (χ1n) is 10.6. The number of nitrogens with one attached hydrogen (secondary N) is 1. The van der Waals surface area contributed by atoms with Gasteiger partial charge in [0.1, 0.15) is 5.84 Å². The molecule has 1 aliphatic rings. The Morgan fingerprint density at radius 3 is 1.84 bits per heavy atom. The Morgan fingerprint density at radius 1 is 0.920 bits per heavy atom. The summed E-state index contributed by atoms with van der Waals surface area (Å²) in [6, 6.07) is 0. The molecule has 1 aliphatic heterocycles. The van der Waals surface area contributed by atoms with Crippen LogP contribution in [0.5, 0.6) is 0 Å². The molecule has 0 aromatic rings. The van der Waals surface area contributed by atoms with Crippen molar-refractivity contribution < 1.29 is 0 Å². The second kappa shape index (κ2) is 9.24. The standard InChI is InChI=1S/C23H44N2/c1-9-10-11-12-13-14-15-16-17-19(2)20-24-18-23(25-20,21(3,4)5)22(6,7)8/h2,9-18H2,1,3-8H3,(H,24,25). The van der Waals surface area contributed by atoms with Crippen molar-refractivity contribution in [2.24, 2.45) is 15.8 Å². The summed E-state index contributed by atoms with van der Waals surface area (Å²) < 4.78 is 0. The summed E-state index contributed by atoms with van der Waals surface area (Å²) in [5.74, 6) is 1.06. The number of amidine groups is 1. The summed E-state index contributed by atoms with van der Waals surface area (Å²) in [7, 11) is 0. The molecule has 0 aromatic carbocycles. The van der Waals surface area contributed by atoms with E-state index in [1.54, 1.807) is 0 Å². The van der Waals surface area contributed by atoms with Crippen molar-refractivity contribution in [1.29, 1.82) is 0 Å². The van der Waals surface area contributed by atoms with E-state index in [2.05, 4.69) is 60.4 Å². The molecule has 0 unspecified atom stereocenters. The molecule has 0 aliphatic carbocycles. The van der Waals surface area contributed by atoms with E-state index in [0.29, 0.717) is 0 Å². The Kier molecular flexibility index (Phi) is 8.22. The Morgan fingerprint density at radius 2 is 1.40 bits per heavy atom. The van der Waals surface area contributed by atoms with Gasteiger partial charge in [-0.3, -0.25) is 4.99 Å². The highest BCUT2D eigenvalue weighted by Crippen LogP contribution is 2.46. The predicted octanol–water partition coefficient (Wildman–Crippen LogP) is 6.91. The Balaban J connectivity index is 2.41. The molecule has 25 heavy (non-hydrogen) atoms.